The van der Waals surface area contributed by atoms with Crippen LogP contribution in [0.5, 0.6) is 0 Å². The lowest BCUT2D eigenvalue weighted by atomic mass is 10.0. The van der Waals surface area contributed by atoms with Gasteiger partial charge in [-0.1, -0.05) is 30.3 Å². The molecule has 1 aromatic carbocycles. The first-order valence-electron chi connectivity index (χ1n) is 10.2. The second-order valence-corrected chi connectivity index (χ2v) is 7.45. The molecule has 3 aromatic rings. The Morgan fingerprint density at radius 3 is 2.90 bits per heavy atom. The molecule has 1 atom stereocenters. The lowest BCUT2D eigenvalue weighted by Crippen LogP contribution is -2.42. The zero-order valence-electron chi connectivity index (χ0n) is 17.3. The van der Waals surface area contributed by atoms with Gasteiger partial charge in [-0.2, -0.15) is 0 Å². The Kier molecular flexibility index (Phi) is 6.05. The number of amides is 1. The van der Waals surface area contributed by atoms with Crippen LogP contribution in [0.3, 0.4) is 0 Å². The van der Waals surface area contributed by atoms with Crippen LogP contribution < -0.4 is 5.32 Å². The lowest BCUT2D eigenvalue weighted by Gasteiger charge is -2.33. The van der Waals surface area contributed by atoms with Crippen molar-refractivity contribution in [2.45, 2.75) is 19.4 Å². The maximum atomic E-state index is 13.0. The quantitative estimate of drug-likeness (QED) is 0.706. The van der Waals surface area contributed by atoms with Gasteiger partial charge in [-0.25, -0.2) is 4.98 Å². The van der Waals surface area contributed by atoms with Crippen molar-refractivity contribution in [2.24, 2.45) is 0 Å². The van der Waals surface area contributed by atoms with Gasteiger partial charge in [0.05, 0.1) is 18.8 Å². The fraction of sp³-hybridized carbons (Fsp3) is 0.292. The molecule has 1 N–H and O–H groups in total. The third-order valence-electron chi connectivity index (χ3n) is 5.41. The minimum absolute atomic E-state index is 0.0155. The molecule has 0 saturated carbocycles. The van der Waals surface area contributed by atoms with Crippen LogP contribution in [0.1, 0.15) is 39.0 Å². The first kappa shape index (κ1) is 20.0. The number of anilines is 1. The minimum atomic E-state index is -0.231. The number of morpholine rings is 1. The van der Waals surface area contributed by atoms with Crippen LogP contribution >= 0.6 is 0 Å². The number of nitrogens with zero attached hydrogens (tertiary/aromatic N) is 3. The molecule has 0 aliphatic carbocycles. The smallest absolute Gasteiger partial charge is 0.254 e. The van der Waals surface area contributed by atoms with E-state index in [0.717, 1.165) is 17.8 Å². The molecule has 30 heavy (non-hydrogen) atoms. The monoisotopic (exact) mass is 402 g/mol. The van der Waals surface area contributed by atoms with E-state index in [4.69, 9.17) is 9.72 Å². The highest BCUT2D eigenvalue weighted by atomic mass is 16.5. The zero-order chi connectivity index (χ0) is 20.9. The van der Waals surface area contributed by atoms with E-state index in [0.29, 0.717) is 31.1 Å². The molecule has 0 spiro atoms. The lowest BCUT2D eigenvalue weighted by molar-refractivity contribution is -0.0247. The molecule has 1 aliphatic rings. The van der Waals surface area contributed by atoms with Crippen LogP contribution in [0.4, 0.5) is 5.82 Å². The summed E-state index contributed by atoms with van der Waals surface area (Å²) in [7, 11) is 1.79. The van der Waals surface area contributed by atoms with Gasteiger partial charge in [-0.3, -0.25) is 9.78 Å². The van der Waals surface area contributed by atoms with Crippen molar-refractivity contribution in [1.29, 1.82) is 0 Å². The summed E-state index contributed by atoms with van der Waals surface area (Å²) in [5.41, 5.74) is 5.01. The molecule has 0 unspecified atom stereocenters. The molecule has 1 amide bonds. The van der Waals surface area contributed by atoms with E-state index in [1.807, 2.05) is 29.2 Å². The number of hydrogen-bond donors (Lipinski definition) is 1. The first-order chi connectivity index (χ1) is 14.6. The van der Waals surface area contributed by atoms with Crippen LogP contribution in [0, 0.1) is 6.92 Å². The van der Waals surface area contributed by atoms with Crippen molar-refractivity contribution in [1.82, 2.24) is 14.9 Å². The highest BCUT2D eigenvalue weighted by Gasteiger charge is 2.27. The third kappa shape index (κ3) is 4.49. The predicted octanol–water partition coefficient (Wildman–Crippen LogP) is 3.63. The summed E-state index contributed by atoms with van der Waals surface area (Å²) in [6, 6.07) is 17.9. The fourth-order valence-corrected chi connectivity index (χ4v) is 3.68. The second kappa shape index (κ2) is 9.05. The highest BCUT2D eigenvalue weighted by Crippen LogP contribution is 2.23. The number of ether oxygens (including phenoxy) is 1. The number of carbonyl (C=O) groups is 1. The van der Waals surface area contributed by atoms with E-state index < -0.39 is 0 Å². The summed E-state index contributed by atoms with van der Waals surface area (Å²) < 4.78 is 5.97. The van der Waals surface area contributed by atoms with Crippen molar-refractivity contribution in [3.05, 3.63) is 88.9 Å². The number of benzene rings is 1. The van der Waals surface area contributed by atoms with E-state index >= 15 is 0 Å². The Balaban J connectivity index is 1.49. The van der Waals surface area contributed by atoms with Crippen molar-refractivity contribution < 1.29 is 9.53 Å². The minimum Gasteiger partial charge on any atom is -0.373 e. The fourth-order valence-electron chi connectivity index (χ4n) is 3.68. The van der Waals surface area contributed by atoms with E-state index in [-0.39, 0.29) is 12.0 Å². The Bertz CT molecular complexity index is 1040. The summed E-state index contributed by atoms with van der Waals surface area (Å²) in [6.45, 7) is 3.65. The van der Waals surface area contributed by atoms with Crippen LogP contribution in [-0.2, 0) is 11.2 Å². The zero-order valence-corrected chi connectivity index (χ0v) is 17.3. The number of nitrogens with one attached hydrogen (secondary N) is 1. The molecule has 3 heterocycles. The SMILES string of the molecule is CNc1cc(C(=O)N2CCO[C@@H](c3cccc(Cc4ccccc4C)n3)C2)ccn1. The Morgan fingerprint density at radius 2 is 2.07 bits per heavy atom. The van der Waals surface area contributed by atoms with Gasteiger partial charge in [-0.15, -0.1) is 0 Å². The molecular weight excluding hydrogens is 376 g/mol. The molecule has 2 aromatic heterocycles. The van der Waals surface area contributed by atoms with Gasteiger partial charge in [-0.05, 0) is 42.3 Å². The van der Waals surface area contributed by atoms with Gasteiger partial charge in [0.1, 0.15) is 11.9 Å². The maximum Gasteiger partial charge on any atom is 0.254 e. The van der Waals surface area contributed by atoms with E-state index in [9.17, 15) is 4.79 Å². The third-order valence-corrected chi connectivity index (χ3v) is 5.41. The highest BCUT2D eigenvalue weighted by molar-refractivity contribution is 5.94. The number of rotatable bonds is 5. The molecule has 0 bridgehead atoms. The van der Waals surface area contributed by atoms with Crippen molar-refractivity contribution in [3.63, 3.8) is 0 Å². The van der Waals surface area contributed by atoms with E-state index in [1.54, 1.807) is 25.4 Å². The molecule has 1 aliphatic heterocycles. The summed E-state index contributed by atoms with van der Waals surface area (Å²) in [6.07, 6.45) is 2.19. The maximum absolute atomic E-state index is 13.0. The average Bonchev–Trinajstić information content (AvgIpc) is 2.80. The van der Waals surface area contributed by atoms with Crippen LogP contribution in [0.15, 0.2) is 60.8 Å². The van der Waals surface area contributed by atoms with Gasteiger partial charge >= 0.3 is 0 Å². The van der Waals surface area contributed by atoms with Gasteiger partial charge in [0.25, 0.3) is 5.91 Å². The Morgan fingerprint density at radius 1 is 1.20 bits per heavy atom. The molecule has 0 radical (unpaired) electrons. The summed E-state index contributed by atoms with van der Waals surface area (Å²) in [5, 5.41) is 2.97. The van der Waals surface area contributed by atoms with Crippen molar-refractivity contribution in [2.75, 3.05) is 32.1 Å². The molecule has 6 nitrogen and oxygen atoms in total. The molecular formula is C24H26N4O2. The normalized spacial score (nSPS) is 16.3. The molecule has 6 heteroatoms. The summed E-state index contributed by atoms with van der Waals surface area (Å²) in [5.74, 6) is 0.662. The van der Waals surface area contributed by atoms with Gasteiger partial charge < -0.3 is 15.0 Å². The van der Waals surface area contributed by atoms with Crippen LogP contribution in [-0.4, -0.2) is 47.5 Å². The van der Waals surface area contributed by atoms with E-state index in [2.05, 4.69) is 35.4 Å². The van der Waals surface area contributed by atoms with Crippen LogP contribution in [0.2, 0.25) is 0 Å². The van der Waals surface area contributed by atoms with Gasteiger partial charge in [0.15, 0.2) is 0 Å². The number of hydrogen-bond acceptors (Lipinski definition) is 5. The van der Waals surface area contributed by atoms with Gasteiger partial charge in [0.2, 0.25) is 0 Å². The van der Waals surface area contributed by atoms with Crippen molar-refractivity contribution >= 4 is 11.7 Å². The second-order valence-electron chi connectivity index (χ2n) is 7.45. The van der Waals surface area contributed by atoms with Crippen molar-refractivity contribution in [3.8, 4) is 0 Å². The molecule has 154 valence electrons. The summed E-state index contributed by atoms with van der Waals surface area (Å²) in [4.78, 5) is 23.8. The molecule has 1 saturated heterocycles. The number of carbonyl (C=O) groups excluding carboxylic acids is 1. The topological polar surface area (TPSA) is 67.4 Å². The number of pyridine rings is 2. The number of aryl methyl sites for hydroxylation is 1. The first-order valence-corrected chi connectivity index (χ1v) is 10.2. The number of aromatic nitrogens is 2. The largest absolute Gasteiger partial charge is 0.373 e. The predicted molar refractivity (Wildman–Crippen MR) is 117 cm³/mol. The standard InChI is InChI=1S/C24H26N4O2/c1-17-6-3-4-7-18(17)14-20-8-5-9-21(27-20)22-16-28(12-13-30-22)24(29)19-10-11-26-23(15-19)25-2/h3-11,15,22H,12-14,16H2,1-2H3,(H,25,26)/t22-/m1/s1. The van der Waals surface area contributed by atoms with E-state index in [1.165, 1.54) is 11.1 Å². The average molecular weight is 402 g/mol. The Labute approximate surface area is 176 Å². The Hall–Kier alpha value is -3.25. The van der Waals surface area contributed by atoms with Gasteiger partial charge in [0, 0.05) is 37.5 Å². The van der Waals surface area contributed by atoms with Crippen LogP contribution in [0.25, 0.3) is 0 Å². The summed E-state index contributed by atoms with van der Waals surface area (Å²) >= 11 is 0. The molecule has 4 rings (SSSR count). The molecule has 1 fully saturated rings.